The van der Waals surface area contributed by atoms with E-state index in [0.717, 1.165) is 25.7 Å². The lowest BCUT2D eigenvalue weighted by molar-refractivity contribution is -0.147. The van der Waals surface area contributed by atoms with E-state index in [0.29, 0.717) is 17.5 Å². The fraction of sp³-hybridized carbons (Fsp3) is 0.500. The Morgan fingerprint density at radius 1 is 1.09 bits per heavy atom. The third kappa shape index (κ3) is 4.18. The number of ether oxygens (including phenoxy) is 1. The molecule has 2 amide bonds. The SMILES string of the molecule is CCCCCC[C@@H](CN1C(=O)c2ccccc2C1=O)OC(C)=O. The van der Waals surface area contributed by atoms with Gasteiger partial charge in [0.15, 0.2) is 0 Å². The van der Waals surface area contributed by atoms with Crippen molar-refractivity contribution in [2.75, 3.05) is 6.54 Å². The first-order valence-electron chi connectivity index (χ1n) is 8.17. The zero-order chi connectivity index (χ0) is 16.8. The predicted octanol–water partition coefficient (Wildman–Crippen LogP) is 3.18. The molecule has 1 aliphatic heterocycles. The number of fused-ring (bicyclic) bond motifs is 1. The Morgan fingerprint density at radius 2 is 1.70 bits per heavy atom. The van der Waals surface area contributed by atoms with E-state index in [1.165, 1.54) is 11.8 Å². The molecule has 1 heterocycles. The maximum absolute atomic E-state index is 12.4. The summed E-state index contributed by atoms with van der Waals surface area (Å²) in [7, 11) is 0. The highest BCUT2D eigenvalue weighted by atomic mass is 16.5. The first-order chi connectivity index (χ1) is 11.0. The average Bonchev–Trinajstić information content (AvgIpc) is 2.76. The van der Waals surface area contributed by atoms with E-state index in [2.05, 4.69) is 6.92 Å². The van der Waals surface area contributed by atoms with Crippen molar-refractivity contribution in [3.8, 4) is 0 Å². The van der Waals surface area contributed by atoms with Crippen LogP contribution in [0.15, 0.2) is 24.3 Å². The maximum atomic E-state index is 12.4. The number of amides is 2. The summed E-state index contributed by atoms with van der Waals surface area (Å²) >= 11 is 0. The van der Waals surface area contributed by atoms with E-state index in [1.807, 2.05) is 0 Å². The summed E-state index contributed by atoms with van der Waals surface area (Å²) in [6, 6.07) is 6.78. The minimum Gasteiger partial charge on any atom is -0.461 e. The van der Waals surface area contributed by atoms with Gasteiger partial charge in [0.1, 0.15) is 6.10 Å². The minimum absolute atomic E-state index is 0.123. The van der Waals surface area contributed by atoms with Crippen LogP contribution in [0.2, 0.25) is 0 Å². The van der Waals surface area contributed by atoms with Crippen LogP contribution >= 0.6 is 0 Å². The Hall–Kier alpha value is -2.17. The Labute approximate surface area is 136 Å². The first-order valence-corrected chi connectivity index (χ1v) is 8.17. The summed E-state index contributed by atoms with van der Waals surface area (Å²) in [5.41, 5.74) is 0.843. The molecule has 0 saturated heterocycles. The molecule has 124 valence electrons. The van der Waals surface area contributed by atoms with Crippen molar-refractivity contribution in [2.45, 2.75) is 52.1 Å². The molecule has 0 spiro atoms. The number of nitrogens with zero attached hydrogens (tertiary/aromatic N) is 1. The zero-order valence-electron chi connectivity index (χ0n) is 13.7. The molecule has 1 aliphatic rings. The van der Waals surface area contributed by atoms with Gasteiger partial charge in [-0.25, -0.2) is 0 Å². The van der Waals surface area contributed by atoms with Gasteiger partial charge in [0, 0.05) is 6.92 Å². The summed E-state index contributed by atoms with van der Waals surface area (Å²) in [6.07, 6.45) is 4.43. The molecule has 5 nitrogen and oxygen atoms in total. The molecule has 1 aromatic rings. The zero-order valence-corrected chi connectivity index (χ0v) is 13.7. The van der Waals surface area contributed by atoms with Gasteiger partial charge in [-0.05, 0) is 25.0 Å². The van der Waals surface area contributed by atoms with Crippen molar-refractivity contribution >= 4 is 17.8 Å². The van der Waals surface area contributed by atoms with E-state index >= 15 is 0 Å². The number of unbranched alkanes of at least 4 members (excludes halogenated alkanes) is 3. The third-order valence-corrected chi connectivity index (χ3v) is 3.98. The number of imide groups is 1. The molecule has 1 aromatic carbocycles. The van der Waals surface area contributed by atoms with Gasteiger partial charge in [0.05, 0.1) is 17.7 Å². The molecule has 23 heavy (non-hydrogen) atoms. The molecule has 0 N–H and O–H groups in total. The Kier molecular flexibility index (Phi) is 5.90. The van der Waals surface area contributed by atoms with Gasteiger partial charge in [-0.1, -0.05) is 38.3 Å². The summed E-state index contributed by atoms with van der Waals surface area (Å²) < 4.78 is 5.30. The molecular formula is C18H23NO4. The average molecular weight is 317 g/mol. The highest BCUT2D eigenvalue weighted by Crippen LogP contribution is 2.23. The topological polar surface area (TPSA) is 63.7 Å². The quantitative estimate of drug-likeness (QED) is 0.420. The Morgan fingerprint density at radius 3 is 2.22 bits per heavy atom. The number of esters is 1. The minimum atomic E-state index is -0.438. The fourth-order valence-corrected chi connectivity index (χ4v) is 2.83. The molecule has 2 rings (SSSR count). The number of hydrogen-bond acceptors (Lipinski definition) is 4. The number of carbonyl (C=O) groups is 3. The predicted molar refractivity (Wildman–Crippen MR) is 86.1 cm³/mol. The normalized spacial score (nSPS) is 14.8. The van der Waals surface area contributed by atoms with Crippen molar-refractivity contribution in [1.29, 1.82) is 0 Å². The second-order valence-electron chi connectivity index (χ2n) is 5.85. The molecule has 0 aliphatic carbocycles. The number of rotatable bonds is 8. The van der Waals surface area contributed by atoms with Crippen LogP contribution in [0.25, 0.3) is 0 Å². The Balaban J connectivity index is 2.03. The van der Waals surface area contributed by atoms with Crippen molar-refractivity contribution < 1.29 is 19.1 Å². The fourth-order valence-electron chi connectivity index (χ4n) is 2.83. The van der Waals surface area contributed by atoms with Gasteiger partial charge in [0.25, 0.3) is 11.8 Å². The van der Waals surface area contributed by atoms with Crippen molar-refractivity contribution in [3.05, 3.63) is 35.4 Å². The van der Waals surface area contributed by atoms with Gasteiger partial charge in [-0.15, -0.1) is 0 Å². The first kappa shape index (κ1) is 17.2. The van der Waals surface area contributed by atoms with Crippen LogP contribution in [0.5, 0.6) is 0 Å². The van der Waals surface area contributed by atoms with E-state index in [1.54, 1.807) is 24.3 Å². The number of hydrogen-bond donors (Lipinski definition) is 0. The van der Waals surface area contributed by atoms with Gasteiger partial charge in [-0.2, -0.15) is 0 Å². The molecule has 0 fully saturated rings. The summed E-state index contributed by atoms with van der Waals surface area (Å²) in [4.78, 5) is 37.2. The third-order valence-electron chi connectivity index (χ3n) is 3.98. The molecule has 5 heteroatoms. The molecule has 0 bridgehead atoms. The van der Waals surface area contributed by atoms with Gasteiger partial charge >= 0.3 is 5.97 Å². The Bertz CT molecular complexity index is 561. The number of carbonyl (C=O) groups excluding carboxylic acids is 3. The molecular weight excluding hydrogens is 294 g/mol. The van der Waals surface area contributed by atoms with Crippen LogP contribution in [0.3, 0.4) is 0 Å². The smallest absolute Gasteiger partial charge is 0.302 e. The largest absolute Gasteiger partial charge is 0.461 e. The lowest BCUT2D eigenvalue weighted by Gasteiger charge is -2.22. The van der Waals surface area contributed by atoms with Crippen LogP contribution in [0, 0.1) is 0 Å². The molecule has 0 radical (unpaired) electrons. The lowest BCUT2D eigenvalue weighted by Crippen LogP contribution is -2.38. The van der Waals surface area contributed by atoms with E-state index in [9.17, 15) is 14.4 Å². The van der Waals surface area contributed by atoms with Crippen LogP contribution in [-0.2, 0) is 9.53 Å². The highest BCUT2D eigenvalue weighted by molar-refractivity contribution is 6.21. The van der Waals surface area contributed by atoms with Crippen molar-refractivity contribution in [1.82, 2.24) is 4.90 Å². The monoisotopic (exact) mass is 317 g/mol. The molecule has 1 atom stereocenters. The van der Waals surface area contributed by atoms with Crippen LogP contribution < -0.4 is 0 Å². The standard InChI is InChI=1S/C18H23NO4/c1-3-4-5-6-9-14(23-13(2)20)12-19-17(21)15-10-7-8-11-16(15)18(19)22/h7-8,10-11,14H,3-6,9,12H2,1-2H3/t14-/m0/s1. The van der Waals surface area contributed by atoms with Gasteiger partial charge in [0.2, 0.25) is 0 Å². The summed E-state index contributed by atoms with van der Waals surface area (Å²) in [6.45, 7) is 3.60. The van der Waals surface area contributed by atoms with Crippen molar-refractivity contribution in [3.63, 3.8) is 0 Å². The van der Waals surface area contributed by atoms with Crippen LogP contribution in [0.1, 0.15) is 66.7 Å². The van der Waals surface area contributed by atoms with E-state index in [-0.39, 0.29) is 24.3 Å². The number of benzene rings is 1. The maximum Gasteiger partial charge on any atom is 0.302 e. The molecule has 0 aromatic heterocycles. The van der Waals surface area contributed by atoms with Gasteiger partial charge in [-0.3, -0.25) is 19.3 Å². The molecule has 0 unspecified atom stereocenters. The van der Waals surface area contributed by atoms with E-state index < -0.39 is 6.10 Å². The lowest BCUT2D eigenvalue weighted by atomic mass is 10.1. The van der Waals surface area contributed by atoms with Crippen LogP contribution in [-0.4, -0.2) is 35.3 Å². The van der Waals surface area contributed by atoms with E-state index in [4.69, 9.17) is 4.74 Å². The van der Waals surface area contributed by atoms with Gasteiger partial charge < -0.3 is 4.74 Å². The second-order valence-corrected chi connectivity index (χ2v) is 5.85. The highest BCUT2D eigenvalue weighted by Gasteiger charge is 2.36. The van der Waals surface area contributed by atoms with Crippen molar-refractivity contribution in [2.24, 2.45) is 0 Å². The summed E-state index contributed by atoms with van der Waals surface area (Å²) in [5.74, 6) is -1.00. The van der Waals surface area contributed by atoms with Crippen LogP contribution in [0.4, 0.5) is 0 Å². The molecule has 0 saturated carbocycles. The summed E-state index contributed by atoms with van der Waals surface area (Å²) in [5, 5.41) is 0. The second kappa shape index (κ2) is 7.90.